The van der Waals surface area contributed by atoms with E-state index in [4.69, 9.17) is 9.47 Å². The van der Waals surface area contributed by atoms with Crippen LogP contribution in [0.15, 0.2) is 87.5 Å². The van der Waals surface area contributed by atoms with Crippen LogP contribution in [-0.2, 0) is 14.3 Å². The zero-order valence-electron chi connectivity index (χ0n) is 16.7. The van der Waals surface area contributed by atoms with Gasteiger partial charge in [0.15, 0.2) is 6.61 Å². The van der Waals surface area contributed by atoms with Gasteiger partial charge in [-0.15, -0.1) is 0 Å². The monoisotopic (exact) mass is 408 g/mol. The van der Waals surface area contributed by atoms with E-state index >= 15 is 0 Å². The van der Waals surface area contributed by atoms with E-state index in [1.54, 1.807) is 0 Å². The Hall–Kier alpha value is -3.05. The van der Waals surface area contributed by atoms with Gasteiger partial charge in [-0.25, -0.2) is 4.79 Å². The third-order valence-corrected chi connectivity index (χ3v) is 6.74. The second kappa shape index (κ2) is 9.43. The summed E-state index contributed by atoms with van der Waals surface area (Å²) in [6, 6.07) is 25.0. The molecule has 0 aliphatic rings. The molecule has 4 nitrogen and oxygen atoms in total. The SMILES string of the molecule is CC(=O)OCC(=O)Oc1c(C)cc([SH](c2ccccc2)c2ccccc2)cc1C. The predicted octanol–water partition coefficient (Wildman–Crippen LogP) is 5.25. The van der Waals surface area contributed by atoms with E-state index in [1.807, 2.05) is 26.0 Å². The second-order valence-electron chi connectivity index (χ2n) is 6.67. The number of thiol groups is 1. The van der Waals surface area contributed by atoms with Crippen molar-refractivity contribution in [2.45, 2.75) is 35.5 Å². The molecule has 3 aromatic rings. The molecule has 5 heteroatoms. The van der Waals surface area contributed by atoms with Gasteiger partial charge in [-0.1, -0.05) is 36.4 Å². The summed E-state index contributed by atoms with van der Waals surface area (Å²) in [5, 5.41) is 0. The molecule has 0 spiro atoms. The van der Waals surface area contributed by atoms with Crippen molar-refractivity contribution in [3.05, 3.63) is 83.9 Å². The average Bonchev–Trinajstić information content (AvgIpc) is 2.71. The summed E-state index contributed by atoms with van der Waals surface area (Å²) in [5.41, 5.74) is 1.74. The first kappa shape index (κ1) is 20.7. The Morgan fingerprint density at radius 3 is 1.72 bits per heavy atom. The van der Waals surface area contributed by atoms with Gasteiger partial charge in [0.2, 0.25) is 0 Å². The van der Waals surface area contributed by atoms with Crippen LogP contribution in [0.3, 0.4) is 0 Å². The average molecular weight is 409 g/mol. The lowest BCUT2D eigenvalue weighted by molar-refractivity contribution is -0.152. The minimum absolute atomic E-state index is 0.392. The molecule has 0 amide bonds. The van der Waals surface area contributed by atoms with Crippen molar-refractivity contribution in [2.75, 3.05) is 6.61 Å². The van der Waals surface area contributed by atoms with Crippen molar-refractivity contribution >= 4 is 22.8 Å². The molecule has 0 N–H and O–H groups in total. The van der Waals surface area contributed by atoms with Crippen LogP contribution >= 0.6 is 10.9 Å². The number of ether oxygens (including phenoxy) is 2. The first-order chi connectivity index (χ1) is 14.0. The molecule has 0 saturated carbocycles. The molecular formula is C24H24O4S. The first-order valence-electron chi connectivity index (χ1n) is 9.31. The molecule has 29 heavy (non-hydrogen) atoms. The smallest absolute Gasteiger partial charge is 0.349 e. The van der Waals surface area contributed by atoms with Crippen LogP contribution in [0.1, 0.15) is 18.1 Å². The summed E-state index contributed by atoms with van der Waals surface area (Å²) in [7, 11) is -0.736. The fourth-order valence-corrected chi connectivity index (χ4v) is 5.60. The number of esters is 2. The topological polar surface area (TPSA) is 52.6 Å². The van der Waals surface area contributed by atoms with Crippen molar-refractivity contribution in [1.29, 1.82) is 0 Å². The van der Waals surface area contributed by atoms with E-state index in [1.165, 1.54) is 21.6 Å². The van der Waals surface area contributed by atoms with E-state index in [0.29, 0.717) is 5.75 Å². The Balaban J connectivity index is 1.96. The van der Waals surface area contributed by atoms with Gasteiger partial charge in [0, 0.05) is 6.92 Å². The Labute approximate surface area is 173 Å². The zero-order valence-corrected chi connectivity index (χ0v) is 17.6. The van der Waals surface area contributed by atoms with Gasteiger partial charge in [0.25, 0.3) is 0 Å². The Morgan fingerprint density at radius 2 is 1.28 bits per heavy atom. The molecule has 0 fully saturated rings. The van der Waals surface area contributed by atoms with Crippen LogP contribution in [0, 0.1) is 13.8 Å². The standard InChI is InChI=1S/C24H24O4S/c1-17-14-22(15-18(2)24(17)28-23(26)16-27-19(3)25)29(20-10-6-4-7-11-20)21-12-8-5-9-13-21/h4-15,29H,16H2,1-3H3. The Kier molecular flexibility index (Phi) is 6.73. The Morgan fingerprint density at radius 1 is 0.793 bits per heavy atom. The highest BCUT2D eigenvalue weighted by molar-refractivity contribution is 8.17. The zero-order chi connectivity index (χ0) is 20.8. The molecule has 3 aromatic carbocycles. The van der Waals surface area contributed by atoms with Crippen LogP contribution in [0.25, 0.3) is 0 Å². The number of hydrogen-bond acceptors (Lipinski definition) is 4. The largest absolute Gasteiger partial charge is 0.454 e. The van der Waals surface area contributed by atoms with Crippen molar-refractivity contribution in [3.8, 4) is 5.75 Å². The molecule has 150 valence electrons. The van der Waals surface area contributed by atoms with Crippen molar-refractivity contribution in [1.82, 2.24) is 0 Å². The highest BCUT2D eigenvalue weighted by atomic mass is 32.2. The van der Waals surface area contributed by atoms with Crippen LogP contribution in [0.5, 0.6) is 5.75 Å². The fourth-order valence-electron chi connectivity index (χ4n) is 3.12. The highest BCUT2D eigenvalue weighted by Crippen LogP contribution is 2.52. The highest BCUT2D eigenvalue weighted by Gasteiger charge is 2.17. The van der Waals surface area contributed by atoms with Gasteiger partial charge in [0.05, 0.1) is 0 Å². The molecule has 0 radical (unpaired) electrons. The van der Waals surface area contributed by atoms with E-state index < -0.39 is 29.4 Å². The summed E-state index contributed by atoms with van der Waals surface area (Å²) in [6.45, 7) is 4.72. The van der Waals surface area contributed by atoms with Gasteiger partial charge in [0.1, 0.15) is 5.75 Å². The first-order valence-corrected chi connectivity index (χ1v) is 10.7. The molecule has 3 rings (SSSR count). The maximum absolute atomic E-state index is 12.0. The van der Waals surface area contributed by atoms with E-state index in [-0.39, 0.29) is 0 Å². The van der Waals surface area contributed by atoms with Crippen molar-refractivity contribution in [2.24, 2.45) is 0 Å². The molecule has 0 unspecified atom stereocenters. The number of rotatable bonds is 6. The number of benzene rings is 3. The summed E-state index contributed by atoms with van der Waals surface area (Å²) >= 11 is 0. The maximum Gasteiger partial charge on any atom is 0.349 e. The number of hydrogen-bond donors (Lipinski definition) is 1. The Bertz CT molecular complexity index is 937. The lowest BCUT2D eigenvalue weighted by Crippen LogP contribution is -2.18. The summed E-state index contributed by atoms with van der Waals surface area (Å²) in [4.78, 5) is 26.6. The molecule has 0 aliphatic heterocycles. The molecule has 0 bridgehead atoms. The van der Waals surface area contributed by atoms with Crippen molar-refractivity contribution in [3.63, 3.8) is 0 Å². The second-order valence-corrected chi connectivity index (χ2v) is 8.89. The minimum Gasteiger partial charge on any atom is -0.454 e. The van der Waals surface area contributed by atoms with Crippen LogP contribution < -0.4 is 4.74 Å². The number of carbonyl (C=O) groups is 2. The van der Waals surface area contributed by atoms with Gasteiger partial charge in [-0.05, 0) is 76.1 Å². The normalized spacial score (nSPS) is 10.9. The molecular weight excluding hydrogens is 384 g/mol. The molecule has 0 heterocycles. The lowest BCUT2D eigenvalue weighted by atomic mass is 10.1. The van der Waals surface area contributed by atoms with E-state index in [9.17, 15) is 9.59 Å². The van der Waals surface area contributed by atoms with Gasteiger partial charge in [-0.3, -0.25) is 4.79 Å². The van der Waals surface area contributed by atoms with Crippen LogP contribution in [-0.4, -0.2) is 18.5 Å². The van der Waals surface area contributed by atoms with Gasteiger partial charge < -0.3 is 9.47 Å². The van der Waals surface area contributed by atoms with E-state index in [0.717, 1.165) is 11.1 Å². The summed E-state index contributed by atoms with van der Waals surface area (Å²) < 4.78 is 10.2. The molecule has 0 atom stereocenters. The number of carbonyl (C=O) groups excluding carboxylic acids is 2. The molecule has 0 aromatic heterocycles. The fraction of sp³-hybridized carbons (Fsp3) is 0.167. The van der Waals surface area contributed by atoms with Crippen LogP contribution in [0.2, 0.25) is 0 Å². The predicted molar refractivity (Wildman–Crippen MR) is 115 cm³/mol. The third kappa shape index (κ3) is 5.27. The number of aryl methyl sites for hydroxylation is 2. The summed E-state index contributed by atoms with van der Waals surface area (Å²) in [5.74, 6) is -0.586. The van der Waals surface area contributed by atoms with E-state index in [2.05, 4.69) is 60.7 Å². The minimum atomic E-state index is -0.736. The lowest BCUT2D eigenvalue weighted by Gasteiger charge is -2.25. The van der Waals surface area contributed by atoms with Crippen molar-refractivity contribution < 1.29 is 19.1 Å². The van der Waals surface area contributed by atoms with Crippen LogP contribution in [0.4, 0.5) is 0 Å². The van der Waals surface area contributed by atoms with Gasteiger partial charge >= 0.3 is 11.9 Å². The molecule has 0 saturated heterocycles. The maximum atomic E-state index is 12.0. The summed E-state index contributed by atoms with van der Waals surface area (Å²) in [6.07, 6.45) is 0. The third-order valence-electron chi connectivity index (χ3n) is 4.34. The molecule has 0 aliphatic carbocycles. The quantitative estimate of drug-likeness (QED) is 0.344. The van der Waals surface area contributed by atoms with Gasteiger partial charge in [-0.2, -0.15) is 10.9 Å².